The monoisotopic (exact) mass is 329 g/mol. The lowest BCUT2D eigenvalue weighted by Crippen LogP contribution is -2.40. The first kappa shape index (κ1) is 17.2. The molecule has 0 aliphatic carbocycles. The fourth-order valence-corrected chi connectivity index (χ4v) is 2.80. The Kier molecular flexibility index (Phi) is 6.61. The van der Waals surface area contributed by atoms with Crippen LogP contribution in [0.15, 0.2) is 18.2 Å². The molecule has 0 radical (unpaired) electrons. The van der Waals surface area contributed by atoms with Crippen LogP contribution >= 0.6 is 11.6 Å². The van der Waals surface area contributed by atoms with Crippen molar-refractivity contribution in [2.24, 2.45) is 5.92 Å². The zero-order valence-corrected chi connectivity index (χ0v) is 13.4. The number of methoxy groups -OCH3 is 1. The van der Waals surface area contributed by atoms with Crippen LogP contribution in [0.2, 0.25) is 5.02 Å². The average Bonchev–Trinajstić information content (AvgIpc) is 2.52. The second-order valence-corrected chi connectivity index (χ2v) is 5.81. The van der Waals surface area contributed by atoms with Crippen molar-refractivity contribution in [3.05, 3.63) is 34.6 Å². The average molecular weight is 330 g/mol. The molecule has 1 amide bonds. The molecule has 0 saturated carbocycles. The first-order chi connectivity index (χ1) is 10.6. The van der Waals surface area contributed by atoms with Gasteiger partial charge in [0.2, 0.25) is 0 Å². The molecule has 1 aromatic rings. The van der Waals surface area contributed by atoms with Crippen LogP contribution in [0, 0.1) is 11.7 Å². The first-order valence-electron chi connectivity index (χ1n) is 7.43. The van der Waals surface area contributed by atoms with Gasteiger partial charge in [-0.05, 0) is 30.9 Å². The van der Waals surface area contributed by atoms with Gasteiger partial charge in [0.1, 0.15) is 5.82 Å². The van der Waals surface area contributed by atoms with Gasteiger partial charge in [-0.25, -0.2) is 4.39 Å². The maximum atomic E-state index is 13.8. The van der Waals surface area contributed by atoms with Crippen molar-refractivity contribution in [3.8, 4) is 0 Å². The summed E-state index contributed by atoms with van der Waals surface area (Å²) in [5.41, 5.74) is -0.0287. The van der Waals surface area contributed by atoms with Crippen molar-refractivity contribution in [2.45, 2.75) is 12.8 Å². The summed E-state index contributed by atoms with van der Waals surface area (Å²) in [6.45, 7) is 3.04. The maximum Gasteiger partial charge on any atom is 0.258 e. The Morgan fingerprint density at radius 2 is 2.09 bits per heavy atom. The normalized spacial score (nSPS) is 16.0. The van der Waals surface area contributed by atoms with E-state index in [2.05, 4.69) is 0 Å². The molecule has 1 aromatic carbocycles. The van der Waals surface area contributed by atoms with Crippen LogP contribution in [-0.2, 0) is 9.47 Å². The summed E-state index contributed by atoms with van der Waals surface area (Å²) >= 11 is 5.95. The summed E-state index contributed by atoms with van der Waals surface area (Å²) in [5, 5.41) is 0.162. The molecular formula is C16H21ClFNO3. The Morgan fingerprint density at radius 3 is 2.73 bits per heavy atom. The van der Waals surface area contributed by atoms with Crippen LogP contribution in [0.3, 0.4) is 0 Å². The summed E-state index contributed by atoms with van der Waals surface area (Å²) in [6, 6.07) is 4.29. The number of hydrogen-bond acceptors (Lipinski definition) is 3. The number of carbonyl (C=O) groups excluding carboxylic acids is 1. The van der Waals surface area contributed by atoms with E-state index in [9.17, 15) is 9.18 Å². The van der Waals surface area contributed by atoms with Crippen molar-refractivity contribution < 1.29 is 18.7 Å². The van der Waals surface area contributed by atoms with Crippen LogP contribution in [0.1, 0.15) is 23.2 Å². The topological polar surface area (TPSA) is 38.8 Å². The maximum absolute atomic E-state index is 13.8. The van der Waals surface area contributed by atoms with Crippen molar-refractivity contribution in [1.82, 2.24) is 4.90 Å². The Labute approximate surface area is 135 Å². The number of rotatable bonds is 6. The molecule has 2 rings (SSSR count). The second-order valence-electron chi connectivity index (χ2n) is 5.40. The lowest BCUT2D eigenvalue weighted by molar-refractivity contribution is 0.0326. The molecule has 1 fully saturated rings. The largest absolute Gasteiger partial charge is 0.382 e. The van der Waals surface area contributed by atoms with Gasteiger partial charge in [-0.1, -0.05) is 17.7 Å². The van der Waals surface area contributed by atoms with Gasteiger partial charge in [-0.2, -0.15) is 0 Å². The van der Waals surface area contributed by atoms with Gasteiger partial charge in [0.05, 0.1) is 23.8 Å². The number of halogens is 2. The third kappa shape index (κ3) is 4.41. The molecule has 0 bridgehead atoms. The van der Waals surface area contributed by atoms with Crippen LogP contribution in [0.25, 0.3) is 0 Å². The van der Waals surface area contributed by atoms with E-state index in [-0.39, 0.29) is 16.5 Å². The number of carbonyl (C=O) groups is 1. The molecule has 1 saturated heterocycles. The van der Waals surface area contributed by atoms with Gasteiger partial charge in [-0.3, -0.25) is 4.79 Å². The summed E-state index contributed by atoms with van der Waals surface area (Å²) in [6.07, 6.45) is 1.70. The van der Waals surface area contributed by atoms with Gasteiger partial charge in [0.25, 0.3) is 5.91 Å². The summed E-state index contributed by atoms with van der Waals surface area (Å²) < 4.78 is 24.3. The fourth-order valence-electron chi connectivity index (χ4n) is 2.56. The molecule has 4 nitrogen and oxygen atoms in total. The molecule has 0 spiro atoms. The Hall–Kier alpha value is -1.17. The zero-order valence-electron chi connectivity index (χ0n) is 12.7. The zero-order chi connectivity index (χ0) is 15.9. The highest BCUT2D eigenvalue weighted by Crippen LogP contribution is 2.24. The minimum absolute atomic E-state index is 0.0287. The van der Waals surface area contributed by atoms with E-state index in [0.29, 0.717) is 38.8 Å². The van der Waals surface area contributed by atoms with Crippen LogP contribution in [0.4, 0.5) is 4.39 Å². The molecule has 0 N–H and O–H groups in total. The van der Waals surface area contributed by atoms with E-state index in [1.165, 1.54) is 18.2 Å². The van der Waals surface area contributed by atoms with E-state index in [1.807, 2.05) is 0 Å². The molecule has 1 aliphatic rings. The fraction of sp³-hybridized carbons (Fsp3) is 0.562. The predicted octanol–water partition coefficient (Wildman–Crippen LogP) is 2.99. The number of nitrogens with zero attached hydrogens (tertiary/aromatic N) is 1. The SMILES string of the molecule is COCCOCC1CCN(C(=O)c2c(F)cccc2Cl)CC1. The lowest BCUT2D eigenvalue weighted by Gasteiger charge is -2.32. The molecular weight excluding hydrogens is 309 g/mol. The van der Waals surface area contributed by atoms with Gasteiger partial charge < -0.3 is 14.4 Å². The second kappa shape index (κ2) is 8.46. The van der Waals surface area contributed by atoms with Crippen LogP contribution < -0.4 is 0 Å². The molecule has 22 heavy (non-hydrogen) atoms. The Balaban J connectivity index is 1.85. The molecule has 6 heteroatoms. The van der Waals surface area contributed by atoms with Gasteiger partial charge in [0, 0.05) is 26.8 Å². The number of likely N-dealkylation sites (tertiary alicyclic amines) is 1. The van der Waals surface area contributed by atoms with Crippen molar-refractivity contribution >= 4 is 17.5 Å². The molecule has 1 aliphatic heterocycles. The van der Waals surface area contributed by atoms with Gasteiger partial charge >= 0.3 is 0 Å². The van der Waals surface area contributed by atoms with Crippen LogP contribution in [0.5, 0.6) is 0 Å². The number of amides is 1. The van der Waals surface area contributed by atoms with E-state index in [0.717, 1.165) is 12.8 Å². The third-order valence-corrected chi connectivity index (χ3v) is 4.18. The highest BCUT2D eigenvalue weighted by Gasteiger charge is 2.26. The molecule has 0 aromatic heterocycles. The Bertz CT molecular complexity index is 484. The standard InChI is InChI=1S/C16H21ClFNO3/c1-21-9-10-22-11-12-5-7-19(8-6-12)16(20)15-13(17)3-2-4-14(15)18/h2-4,12H,5-11H2,1H3. The smallest absolute Gasteiger partial charge is 0.258 e. The third-order valence-electron chi connectivity index (χ3n) is 3.86. The van der Waals surface area contributed by atoms with Crippen LogP contribution in [-0.4, -0.2) is 50.8 Å². The quantitative estimate of drug-likeness (QED) is 0.753. The summed E-state index contributed by atoms with van der Waals surface area (Å²) in [7, 11) is 1.64. The van der Waals surface area contributed by atoms with Gasteiger partial charge in [-0.15, -0.1) is 0 Å². The number of hydrogen-bond donors (Lipinski definition) is 0. The minimum atomic E-state index is -0.567. The molecule has 0 unspecified atom stereocenters. The van der Waals surface area contributed by atoms with Crippen molar-refractivity contribution in [2.75, 3.05) is 40.0 Å². The minimum Gasteiger partial charge on any atom is -0.382 e. The van der Waals surface area contributed by atoms with E-state index < -0.39 is 5.82 Å². The number of piperidine rings is 1. The number of ether oxygens (including phenoxy) is 2. The molecule has 1 heterocycles. The van der Waals surface area contributed by atoms with E-state index >= 15 is 0 Å². The first-order valence-corrected chi connectivity index (χ1v) is 7.81. The number of benzene rings is 1. The van der Waals surface area contributed by atoms with Crippen molar-refractivity contribution in [3.63, 3.8) is 0 Å². The Morgan fingerprint density at radius 1 is 1.36 bits per heavy atom. The highest BCUT2D eigenvalue weighted by atomic mass is 35.5. The summed E-state index contributed by atoms with van der Waals surface area (Å²) in [4.78, 5) is 14.1. The lowest BCUT2D eigenvalue weighted by atomic mass is 9.97. The van der Waals surface area contributed by atoms with Gasteiger partial charge in [0.15, 0.2) is 0 Å². The highest BCUT2D eigenvalue weighted by molar-refractivity contribution is 6.33. The van der Waals surface area contributed by atoms with Crippen molar-refractivity contribution in [1.29, 1.82) is 0 Å². The summed E-state index contributed by atoms with van der Waals surface area (Å²) in [5.74, 6) is -0.471. The molecule has 0 atom stereocenters. The molecule has 122 valence electrons. The van der Waals surface area contributed by atoms with E-state index in [1.54, 1.807) is 12.0 Å². The van der Waals surface area contributed by atoms with E-state index in [4.69, 9.17) is 21.1 Å². The predicted molar refractivity (Wildman–Crippen MR) is 82.7 cm³/mol.